The van der Waals surface area contributed by atoms with Gasteiger partial charge in [-0.2, -0.15) is 0 Å². The van der Waals surface area contributed by atoms with Crippen LogP contribution in [0.2, 0.25) is 0 Å². The van der Waals surface area contributed by atoms with Crippen LogP contribution >= 0.6 is 0 Å². The van der Waals surface area contributed by atoms with E-state index in [-0.39, 0.29) is 0 Å². The lowest BCUT2D eigenvalue weighted by Gasteiger charge is -2.21. The van der Waals surface area contributed by atoms with Gasteiger partial charge in [0, 0.05) is 30.7 Å². The van der Waals surface area contributed by atoms with E-state index in [1.54, 1.807) is 0 Å². The Hall–Kier alpha value is -1.61. The number of aromatic nitrogens is 1. The third-order valence-electron chi connectivity index (χ3n) is 4.63. The van der Waals surface area contributed by atoms with E-state index in [0.717, 1.165) is 49.2 Å². The topological polar surface area (TPSA) is 28.2 Å². The number of hydrogen-bond donors (Lipinski definition) is 1. The second-order valence-electron chi connectivity index (χ2n) is 6.29. The van der Waals surface area contributed by atoms with Crippen molar-refractivity contribution in [2.75, 3.05) is 24.5 Å². The number of fused-ring (bicyclic) bond motifs is 1. The minimum Gasteiger partial charge on any atom is -0.370 e. The summed E-state index contributed by atoms with van der Waals surface area (Å²) in [6.07, 6.45) is 0. The number of nitrogens with one attached hydrogen (secondary N) is 1. The first-order chi connectivity index (χ1) is 10.2. The van der Waals surface area contributed by atoms with Crippen molar-refractivity contribution in [1.82, 2.24) is 10.3 Å². The van der Waals surface area contributed by atoms with E-state index >= 15 is 0 Å². The fourth-order valence-corrected chi connectivity index (χ4v) is 3.14. The number of pyridine rings is 1. The summed E-state index contributed by atoms with van der Waals surface area (Å²) in [5.41, 5.74) is 3.59. The van der Waals surface area contributed by atoms with Crippen molar-refractivity contribution in [2.24, 2.45) is 11.8 Å². The van der Waals surface area contributed by atoms with Crippen molar-refractivity contribution >= 4 is 16.6 Å². The minimum absolute atomic E-state index is 0.758. The monoisotopic (exact) mass is 283 g/mol. The SMILES string of the molecule is CCNCc1cc(N2CC(C)C(C)C2)c2ccccc2n1. The molecule has 2 unspecified atom stereocenters. The van der Waals surface area contributed by atoms with E-state index in [4.69, 9.17) is 4.98 Å². The molecule has 3 heteroatoms. The van der Waals surface area contributed by atoms with E-state index < -0.39 is 0 Å². The highest BCUT2D eigenvalue weighted by Crippen LogP contribution is 2.33. The van der Waals surface area contributed by atoms with Gasteiger partial charge >= 0.3 is 0 Å². The quantitative estimate of drug-likeness (QED) is 0.931. The molecule has 2 atom stereocenters. The van der Waals surface area contributed by atoms with Crippen LogP contribution in [0.25, 0.3) is 10.9 Å². The van der Waals surface area contributed by atoms with Gasteiger partial charge in [-0.1, -0.05) is 39.0 Å². The molecular formula is C18H25N3. The summed E-state index contributed by atoms with van der Waals surface area (Å²) in [5.74, 6) is 1.52. The van der Waals surface area contributed by atoms with E-state index in [2.05, 4.69) is 61.3 Å². The molecule has 0 spiro atoms. The van der Waals surface area contributed by atoms with Crippen molar-refractivity contribution in [3.63, 3.8) is 0 Å². The van der Waals surface area contributed by atoms with Gasteiger partial charge in [-0.25, -0.2) is 0 Å². The van der Waals surface area contributed by atoms with Crippen LogP contribution < -0.4 is 10.2 Å². The van der Waals surface area contributed by atoms with E-state index in [1.165, 1.54) is 11.1 Å². The molecule has 1 aromatic carbocycles. The summed E-state index contributed by atoms with van der Waals surface area (Å²) in [7, 11) is 0. The minimum atomic E-state index is 0.758. The molecule has 2 heterocycles. The lowest BCUT2D eigenvalue weighted by Crippen LogP contribution is -2.21. The lowest BCUT2D eigenvalue weighted by atomic mass is 10.0. The fourth-order valence-electron chi connectivity index (χ4n) is 3.14. The van der Waals surface area contributed by atoms with Gasteiger partial charge in [-0.05, 0) is 30.5 Å². The molecule has 1 saturated heterocycles. The maximum absolute atomic E-state index is 4.79. The zero-order valence-electron chi connectivity index (χ0n) is 13.3. The largest absolute Gasteiger partial charge is 0.370 e. The summed E-state index contributed by atoms with van der Waals surface area (Å²) >= 11 is 0. The number of anilines is 1. The number of para-hydroxylation sites is 1. The maximum Gasteiger partial charge on any atom is 0.0726 e. The van der Waals surface area contributed by atoms with Crippen LogP contribution in [0.15, 0.2) is 30.3 Å². The van der Waals surface area contributed by atoms with Crippen molar-refractivity contribution in [2.45, 2.75) is 27.3 Å². The first-order valence-corrected chi connectivity index (χ1v) is 8.03. The van der Waals surface area contributed by atoms with Gasteiger partial charge < -0.3 is 10.2 Å². The fraction of sp³-hybridized carbons (Fsp3) is 0.500. The normalized spacial score (nSPS) is 22.1. The van der Waals surface area contributed by atoms with Gasteiger partial charge in [0.1, 0.15) is 0 Å². The van der Waals surface area contributed by atoms with Gasteiger partial charge in [0.2, 0.25) is 0 Å². The van der Waals surface area contributed by atoms with Gasteiger partial charge in [0.15, 0.2) is 0 Å². The van der Waals surface area contributed by atoms with Crippen LogP contribution in [0.3, 0.4) is 0 Å². The Bertz CT molecular complexity index is 613. The first kappa shape index (κ1) is 14.3. The molecule has 1 fully saturated rings. The molecule has 112 valence electrons. The van der Waals surface area contributed by atoms with Crippen molar-refractivity contribution in [3.8, 4) is 0 Å². The average molecular weight is 283 g/mol. The third-order valence-corrected chi connectivity index (χ3v) is 4.63. The average Bonchev–Trinajstić information content (AvgIpc) is 2.83. The highest BCUT2D eigenvalue weighted by atomic mass is 15.2. The third kappa shape index (κ3) is 2.88. The molecule has 0 radical (unpaired) electrons. The number of rotatable bonds is 4. The Morgan fingerprint density at radius 1 is 1.19 bits per heavy atom. The molecule has 0 aliphatic carbocycles. The smallest absolute Gasteiger partial charge is 0.0726 e. The molecule has 1 N–H and O–H groups in total. The second-order valence-corrected chi connectivity index (χ2v) is 6.29. The summed E-state index contributed by atoms with van der Waals surface area (Å²) in [6, 6.07) is 10.8. The van der Waals surface area contributed by atoms with Gasteiger partial charge in [-0.15, -0.1) is 0 Å². The number of benzene rings is 1. The Balaban J connectivity index is 2.02. The maximum atomic E-state index is 4.79. The molecule has 3 rings (SSSR count). The van der Waals surface area contributed by atoms with Crippen LogP contribution in [-0.2, 0) is 6.54 Å². The molecule has 21 heavy (non-hydrogen) atoms. The Morgan fingerprint density at radius 3 is 2.62 bits per heavy atom. The zero-order chi connectivity index (χ0) is 14.8. The van der Waals surface area contributed by atoms with Crippen molar-refractivity contribution < 1.29 is 0 Å². The standard InChI is InChI=1S/C18H25N3/c1-4-19-10-15-9-18(21-11-13(2)14(3)12-21)16-7-5-6-8-17(16)20-15/h5-9,13-14,19H,4,10-12H2,1-3H3. The Labute approximate surface area is 127 Å². The summed E-state index contributed by atoms with van der Waals surface area (Å²) in [4.78, 5) is 7.33. The number of hydrogen-bond acceptors (Lipinski definition) is 3. The Kier molecular flexibility index (Phi) is 4.11. The van der Waals surface area contributed by atoms with Crippen molar-refractivity contribution in [1.29, 1.82) is 0 Å². The molecule has 1 aromatic heterocycles. The molecule has 0 amide bonds. The molecule has 3 nitrogen and oxygen atoms in total. The van der Waals surface area contributed by atoms with Crippen LogP contribution in [0.5, 0.6) is 0 Å². The molecule has 2 aromatic rings. The van der Waals surface area contributed by atoms with Crippen LogP contribution in [-0.4, -0.2) is 24.6 Å². The molecule has 0 bridgehead atoms. The van der Waals surface area contributed by atoms with Crippen LogP contribution in [0, 0.1) is 11.8 Å². The Morgan fingerprint density at radius 2 is 1.90 bits per heavy atom. The summed E-state index contributed by atoms with van der Waals surface area (Å²) in [6.45, 7) is 11.0. The van der Waals surface area contributed by atoms with E-state index in [1.807, 2.05) is 0 Å². The van der Waals surface area contributed by atoms with E-state index in [9.17, 15) is 0 Å². The van der Waals surface area contributed by atoms with Crippen LogP contribution in [0.1, 0.15) is 26.5 Å². The lowest BCUT2D eigenvalue weighted by molar-refractivity contribution is 0.494. The van der Waals surface area contributed by atoms with E-state index in [0.29, 0.717) is 0 Å². The highest BCUT2D eigenvalue weighted by Gasteiger charge is 2.27. The first-order valence-electron chi connectivity index (χ1n) is 8.03. The zero-order valence-corrected chi connectivity index (χ0v) is 13.3. The highest BCUT2D eigenvalue weighted by molar-refractivity contribution is 5.92. The molecule has 0 saturated carbocycles. The van der Waals surface area contributed by atoms with Gasteiger partial charge in [0.25, 0.3) is 0 Å². The van der Waals surface area contributed by atoms with Crippen LogP contribution in [0.4, 0.5) is 5.69 Å². The molecule has 1 aliphatic rings. The summed E-state index contributed by atoms with van der Waals surface area (Å²) in [5, 5.41) is 4.66. The second kappa shape index (κ2) is 6.02. The predicted molar refractivity (Wildman–Crippen MR) is 89.7 cm³/mol. The van der Waals surface area contributed by atoms with Crippen molar-refractivity contribution in [3.05, 3.63) is 36.0 Å². The predicted octanol–water partition coefficient (Wildman–Crippen LogP) is 3.44. The number of nitrogens with zero attached hydrogens (tertiary/aromatic N) is 2. The summed E-state index contributed by atoms with van der Waals surface area (Å²) < 4.78 is 0. The van der Waals surface area contributed by atoms with Gasteiger partial charge in [-0.3, -0.25) is 4.98 Å². The van der Waals surface area contributed by atoms with Gasteiger partial charge in [0.05, 0.1) is 11.2 Å². The molecular weight excluding hydrogens is 258 g/mol. The molecule has 1 aliphatic heterocycles.